The van der Waals surface area contributed by atoms with E-state index in [0.29, 0.717) is 6.07 Å². The van der Waals surface area contributed by atoms with Gasteiger partial charge >= 0.3 is 6.18 Å². The molecule has 0 aliphatic carbocycles. The molecule has 18 heavy (non-hydrogen) atoms. The molecule has 2 nitrogen and oxygen atoms in total. The van der Waals surface area contributed by atoms with Crippen LogP contribution in [0, 0.1) is 11.6 Å². The van der Waals surface area contributed by atoms with Gasteiger partial charge in [-0.15, -0.1) is 0 Å². The smallest absolute Gasteiger partial charge is 0.352 e. The van der Waals surface area contributed by atoms with Gasteiger partial charge in [0.05, 0.1) is 6.42 Å². The van der Waals surface area contributed by atoms with E-state index >= 15 is 0 Å². The molecule has 0 fully saturated rings. The maximum absolute atomic E-state index is 13.1. The minimum atomic E-state index is -4.40. The standard InChI is InChI=1S/C11H10F5NO/c12-8-2-1-7(9(13)5-8)6-17-10(18)3-4-11(14,15)16/h1-2,5H,3-4,6H2,(H,17,18). The first-order valence-electron chi connectivity index (χ1n) is 5.05. The average Bonchev–Trinajstić information content (AvgIpc) is 2.24. The number of rotatable bonds is 4. The molecule has 0 bridgehead atoms. The van der Waals surface area contributed by atoms with Crippen molar-refractivity contribution >= 4 is 5.91 Å². The summed E-state index contributed by atoms with van der Waals surface area (Å²) in [5, 5.41) is 2.13. The molecule has 0 saturated carbocycles. The van der Waals surface area contributed by atoms with Crippen molar-refractivity contribution < 1.29 is 26.7 Å². The quantitative estimate of drug-likeness (QED) is 0.835. The molecule has 0 unspecified atom stereocenters. The Balaban J connectivity index is 2.43. The second-order valence-corrected chi connectivity index (χ2v) is 3.63. The molecule has 1 N–H and O–H groups in total. The minimum absolute atomic E-state index is 0.0109. The average molecular weight is 267 g/mol. The van der Waals surface area contributed by atoms with E-state index in [4.69, 9.17) is 0 Å². The SMILES string of the molecule is O=C(CCC(F)(F)F)NCc1ccc(F)cc1F. The summed E-state index contributed by atoms with van der Waals surface area (Å²) in [6.07, 6.45) is -6.35. The normalized spacial score (nSPS) is 11.4. The number of nitrogens with one attached hydrogen (secondary N) is 1. The first-order chi connectivity index (χ1) is 8.28. The van der Waals surface area contributed by atoms with E-state index in [1.165, 1.54) is 0 Å². The van der Waals surface area contributed by atoms with E-state index in [-0.39, 0.29) is 12.1 Å². The monoisotopic (exact) mass is 267 g/mol. The fourth-order valence-corrected chi connectivity index (χ4v) is 1.20. The summed E-state index contributed by atoms with van der Waals surface area (Å²) >= 11 is 0. The third-order valence-corrected chi connectivity index (χ3v) is 2.13. The van der Waals surface area contributed by atoms with Crippen molar-refractivity contribution in [1.29, 1.82) is 0 Å². The maximum atomic E-state index is 13.1. The summed E-state index contributed by atoms with van der Waals surface area (Å²) in [5.41, 5.74) is 0.0109. The van der Waals surface area contributed by atoms with E-state index in [0.717, 1.165) is 12.1 Å². The summed E-state index contributed by atoms with van der Waals surface area (Å²) in [7, 11) is 0. The predicted octanol–water partition coefficient (Wildman–Crippen LogP) is 2.92. The summed E-state index contributed by atoms with van der Waals surface area (Å²) in [5.74, 6) is -2.46. The fourth-order valence-electron chi connectivity index (χ4n) is 1.20. The number of halogens is 5. The zero-order valence-corrected chi connectivity index (χ0v) is 9.15. The Morgan fingerprint density at radius 1 is 1.22 bits per heavy atom. The van der Waals surface area contributed by atoms with Crippen molar-refractivity contribution in [2.75, 3.05) is 0 Å². The van der Waals surface area contributed by atoms with Crippen LogP contribution in [0.2, 0.25) is 0 Å². The first-order valence-corrected chi connectivity index (χ1v) is 5.05. The highest BCUT2D eigenvalue weighted by Crippen LogP contribution is 2.21. The molecule has 0 aliphatic rings. The van der Waals surface area contributed by atoms with Crippen molar-refractivity contribution in [3.63, 3.8) is 0 Å². The predicted molar refractivity (Wildman–Crippen MR) is 53.5 cm³/mol. The number of alkyl halides is 3. The van der Waals surface area contributed by atoms with Gasteiger partial charge in [-0.05, 0) is 6.07 Å². The van der Waals surface area contributed by atoms with Crippen LogP contribution < -0.4 is 5.32 Å². The Morgan fingerprint density at radius 2 is 1.89 bits per heavy atom. The molecule has 0 saturated heterocycles. The summed E-state index contributed by atoms with van der Waals surface area (Å²) in [6, 6.07) is 2.76. The van der Waals surface area contributed by atoms with Crippen LogP contribution in [0.4, 0.5) is 22.0 Å². The molecule has 1 aromatic rings. The number of carbonyl (C=O) groups excluding carboxylic acids is 1. The lowest BCUT2D eigenvalue weighted by Crippen LogP contribution is -2.25. The maximum Gasteiger partial charge on any atom is 0.389 e. The highest BCUT2D eigenvalue weighted by Gasteiger charge is 2.27. The zero-order chi connectivity index (χ0) is 13.8. The van der Waals surface area contributed by atoms with Gasteiger partial charge in [0.2, 0.25) is 5.91 Å². The van der Waals surface area contributed by atoms with E-state index in [9.17, 15) is 26.7 Å². The van der Waals surface area contributed by atoms with E-state index in [1.807, 2.05) is 0 Å². The lowest BCUT2D eigenvalue weighted by molar-refractivity contribution is -0.144. The third kappa shape index (κ3) is 5.11. The molecular weight excluding hydrogens is 257 g/mol. The number of amides is 1. The lowest BCUT2D eigenvalue weighted by atomic mass is 10.2. The summed E-state index contributed by atoms with van der Waals surface area (Å²) < 4.78 is 61.1. The summed E-state index contributed by atoms with van der Waals surface area (Å²) in [6.45, 7) is -0.275. The Bertz CT molecular complexity index is 430. The van der Waals surface area contributed by atoms with Gasteiger partial charge in [-0.2, -0.15) is 13.2 Å². The van der Waals surface area contributed by atoms with Crippen LogP contribution in [0.25, 0.3) is 0 Å². The van der Waals surface area contributed by atoms with Crippen LogP contribution in [-0.4, -0.2) is 12.1 Å². The highest BCUT2D eigenvalue weighted by atomic mass is 19.4. The zero-order valence-electron chi connectivity index (χ0n) is 9.15. The molecule has 1 aromatic carbocycles. The molecular formula is C11H10F5NO. The van der Waals surface area contributed by atoms with Crippen LogP contribution >= 0.6 is 0 Å². The van der Waals surface area contributed by atoms with E-state index in [2.05, 4.69) is 5.32 Å². The molecule has 0 radical (unpaired) electrons. The number of hydrogen-bond donors (Lipinski definition) is 1. The molecule has 0 atom stereocenters. The lowest BCUT2D eigenvalue weighted by Gasteiger charge is -2.08. The fraction of sp³-hybridized carbons (Fsp3) is 0.364. The second kappa shape index (κ2) is 5.79. The third-order valence-electron chi connectivity index (χ3n) is 2.13. The van der Waals surface area contributed by atoms with Crippen molar-refractivity contribution in [1.82, 2.24) is 5.32 Å². The molecule has 0 heterocycles. The van der Waals surface area contributed by atoms with Gasteiger partial charge in [0.15, 0.2) is 0 Å². The van der Waals surface area contributed by atoms with Crippen LogP contribution in [-0.2, 0) is 11.3 Å². The molecule has 0 spiro atoms. The second-order valence-electron chi connectivity index (χ2n) is 3.63. The summed E-state index contributed by atoms with van der Waals surface area (Å²) in [4.78, 5) is 11.0. The van der Waals surface area contributed by atoms with Crippen molar-refractivity contribution in [3.05, 3.63) is 35.4 Å². The number of carbonyl (C=O) groups is 1. The number of benzene rings is 1. The van der Waals surface area contributed by atoms with Gasteiger partial charge in [-0.1, -0.05) is 6.07 Å². The van der Waals surface area contributed by atoms with Crippen LogP contribution in [0.1, 0.15) is 18.4 Å². The largest absolute Gasteiger partial charge is 0.389 e. The molecule has 100 valence electrons. The van der Waals surface area contributed by atoms with Crippen molar-refractivity contribution in [2.45, 2.75) is 25.6 Å². The first kappa shape index (κ1) is 14.4. The molecule has 0 aliphatic heterocycles. The van der Waals surface area contributed by atoms with Crippen molar-refractivity contribution in [3.8, 4) is 0 Å². The molecule has 0 aromatic heterocycles. The van der Waals surface area contributed by atoms with Gasteiger partial charge in [-0.25, -0.2) is 8.78 Å². The van der Waals surface area contributed by atoms with Crippen LogP contribution in [0.3, 0.4) is 0 Å². The Morgan fingerprint density at radius 3 is 2.44 bits per heavy atom. The molecule has 7 heteroatoms. The van der Waals surface area contributed by atoms with Gasteiger partial charge in [-0.3, -0.25) is 4.79 Å². The van der Waals surface area contributed by atoms with E-state index < -0.39 is 36.6 Å². The van der Waals surface area contributed by atoms with Gasteiger partial charge in [0.25, 0.3) is 0 Å². The molecule has 1 rings (SSSR count). The van der Waals surface area contributed by atoms with E-state index in [1.54, 1.807) is 0 Å². The van der Waals surface area contributed by atoms with Gasteiger partial charge in [0.1, 0.15) is 11.6 Å². The van der Waals surface area contributed by atoms with Gasteiger partial charge < -0.3 is 5.32 Å². The highest BCUT2D eigenvalue weighted by molar-refractivity contribution is 5.75. The van der Waals surface area contributed by atoms with Crippen LogP contribution in [0.15, 0.2) is 18.2 Å². The Hall–Kier alpha value is -1.66. The number of hydrogen-bond acceptors (Lipinski definition) is 1. The minimum Gasteiger partial charge on any atom is -0.352 e. The van der Waals surface area contributed by atoms with Crippen molar-refractivity contribution in [2.24, 2.45) is 0 Å². The topological polar surface area (TPSA) is 29.1 Å². The Kier molecular flexibility index (Phi) is 4.63. The van der Waals surface area contributed by atoms with Crippen LogP contribution in [0.5, 0.6) is 0 Å². The van der Waals surface area contributed by atoms with Gasteiger partial charge in [0, 0.05) is 24.6 Å². The molecule has 1 amide bonds. The Labute approximate surface area is 99.8 Å².